The summed E-state index contributed by atoms with van der Waals surface area (Å²) in [6.07, 6.45) is 2.76. The van der Waals surface area contributed by atoms with Crippen LogP contribution in [0.2, 0.25) is 0 Å². The first-order valence-corrected chi connectivity index (χ1v) is 11.7. The molecule has 1 unspecified atom stereocenters. The molecule has 0 saturated carbocycles. The third kappa shape index (κ3) is 23.3. The monoisotopic (exact) mass is 542 g/mol. The summed E-state index contributed by atoms with van der Waals surface area (Å²) in [7, 11) is 0. The predicted octanol–water partition coefficient (Wildman–Crippen LogP) is 0.951. The summed E-state index contributed by atoms with van der Waals surface area (Å²) in [5.41, 5.74) is 0. The molecule has 37 heavy (non-hydrogen) atoms. The van der Waals surface area contributed by atoms with E-state index in [9.17, 15) is 19.5 Å². The number of hydrogen-bond donors (Lipinski definition) is 9. The molecule has 0 spiro atoms. The highest BCUT2D eigenvalue weighted by Gasteiger charge is 2.20. The van der Waals surface area contributed by atoms with Crippen molar-refractivity contribution in [1.82, 2.24) is 26.7 Å². The van der Waals surface area contributed by atoms with E-state index in [0.29, 0.717) is 32.1 Å². The quantitative estimate of drug-likeness (QED) is 0.0423. The Morgan fingerprint density at radius 2 is 1.22 bits per heavy atom. The van der Waals surface area contributed by atoms with Crippen molar-refractivity contribution in [1.29, 1.82) is 5.41 Å². The molecule has 0 radical (unpaired) electrons. The first kappa shape index (κ1) is 34.2. The van der Waals surface area contributed by atoms with Crippen molar-refractivity contribution >= 4 is 24.1 Å². The van der Waals surface area contributed by atoms with E-state index >= 15 is 0 Å². The average molecular weight is 543 g/mol. The molecule has 0 bridgehead atoms. The molecule has 1 atom stereocenters. The van der Waals surface area contributed by atoms with E-state index in [1.54, 1.807) is 0 Å². The van der Waals surface area contributed by atoms with E-state index in [4.69, 9.17) is 35.7 Å². The number of aliphatic carboxylic acids is 1. The number of guanidine groups is 1. The summed E-state index contributed by atoms with van der Waals surface area (Å²) >= 11 is 0. The summed E-state index contributed by atoms with van der Waals surface area (Å²) < 4.78 is 9.84. The Labute approximate surface area is 213 Å². The normalized spacial score (nSPS) is 11.7. The molecule has 0 rings (SSSR count). The van der Waals surface area contributed by atoms with Gasteiger partial charge in [-0.25, -0.2) is 14.4 Å². The lowest BCUT2D eigenvalue weighted by Crippen LogP contribution is -2.43. The maximum Gasteiger partial charge on any atom is 0.413 e. The zero-order valence-electron chi connectivity index (χ0n) is 20.5. The maximum atomic E-state index is 11.8. The topological polar surface area (TPSA) is 256 Å². The van der Waals surface area contributed by atoms with Crippen molar-refractivity contribution in [2.75, 3.05) is 33.0 Å². The van der Waals surface area contributed by atoms with Gasteiger partial charge in [0, 0.05) is 6.54 Å². The van der Waals surface area contributed by atoms with Crippen LogP contribution in [-0.2, 0) is 23.9 Å². The number of nitrogens with one attached hydrogen (secondary N) is 4. The molecule has 18 heteroatoms. The molecule has 0 fully saturated rings. The zero-order chi connectivity index (χ0) is 27.9. The van der Waals surface area contributed by atoms with Crippen molar-refractivity contribution in [3.8, 4) is 0 Å². The van der Waals surface area contributed by atoms with Crippen molar-refractivity contribution in [3.05, 3.63) is 0 Å². The van der Waals surface area contributed by atoms with Gasteiger partial charge in [0.2, 0.25) is 0 Å². The van der Waals surface area contributed by atoms with E-state index < -0.39 is 29.6 Å². The van der Waals surface area contributed by atoms with Crippen LogP contribution in [0.15, 0.2) is 0 Å². The second kappa shape index (κ2) is 22.4. The number of carboxylic acids is 1. The van der Waals surface area contributed by atoms with E-state index in [1.807, 2.05) is 0 Å². The lowest BCUT2D eigenvalue weighted by Gasteiger charge is -2.15. The third-order valence-electron chi connectivity index (χ3n) is 4.50. The third-order valence-corrected chi connectivity index (χ3v) is 4.50. The molecule has 0 saturated heterocycles. The molecule has 216 valence electrons. The molecule has 9 N–H and O–H groups in total. The Balaban J connectivity index is 3.85. The van der Waals surface area contributed by atoms with Crippen LogP contribution in [0.1, 0.15) is 57.8 Å². The Morgan fingerprint density at radius 1 is 0.730 bits per heavy atom. The van der Waals surface area contributed by atoms with Gasteiger partial charge in [0.25, 0.3) is 0 Å². The first-order valence-electron chi connectivity index (χ1n) is 11.7. The van der Waals surface area contributed by atoms with Gasteiger partial charge < -0.3 is 25.2 Å². The van der Waals surface area contributed by atoms with Crippen LogP contribution in [0, 0.1) is 5.41 Å². The number of amides is 2. The molecule has 0 aliphatic rings. The van der Waals surface area contributed by atoms with E-state index in [-0.39, 0.29) is 57.2 Å². The highest BCUT2D eigenvalue weighted by Crippen LogP contribution is 2.02. The minimum atomic E-state index is -1.25. The standard InChI is InChI=1S/C19H38N6O12/c20-17(23-19(29)35-11-4-1-2-6-13-36-24(30)31)21-10-8-9-15(16(26)27)22-18(28)34-12-5-3-7-14-37-25(32)33/h15,30-33H,1-14H2,(H,22,28)(H,26,27)(H3,20,21,23,29). The zero-order valence-corrected chi connectivity index (χ0v) is 20.5. The number of carbonyl (C=O) groups is 3. The largest absolute Gasteiger partial charge is 0.480 e. The summed E-state index contributed by atoms with van der Waals surface area (Å²) in [4.78, 5) is 43.5. The van der Waals surface area contributed by atoms with Gasteiger partial charge in [0.15, 0.2) is 5.96 Å². The first-order chi connectivity index (χ1) is 17.6. The highest BCUT2D eigenvalue weighted by molar-refractivity contribution is 5.91. The van der Waals surface area contributed by atoms with Crippen molar-refractivity contribution < 1.29 is 59.5 Å². The maximum absolute atomic E-state index is 11.8. The van der Waals surface area contributed by atoms with Crippen molar-refractivity contribution in [2.45, 2.75) is 63.8 Å². The van der Waals surface area contributed by atoms with Crippen LogP contribution in [0.4, 0.5) is 9.59 Å². The summed E-state index contributed by atoms with van der Waals surface area (Å²) in [5.74, 6) is -1.57. The molecule has 18 nitrogen and oxygen atoms in total. The van der Waals surface area contributed by atoms with E-state index in [0.717, 1.165) is 12.8 Å². The van der Waals surface area contributed by atoms with Gasteiger partial charge in [-0.05, 0) is 51.4 Å². The number of carboxylic acid groups (broad SMARTS) is 1. The molecule has 2 amide bonds. The van der Waals surface area contributed by atoms with Gasteiger partial charge in [-0.2, -0.15) is 0 Å². The van der Waals surface area contributed by atoms with Gasteiger partial charge >= 0.3 is 18.2 Å². The number of carbonyl (C=O) groups excluding carboxylic acids is 2. The van der Waals surface area contributed by atoms with Gasteiger partial charge in [0.1, 0.15) is 6.04 Å². The molecule has 0 aromatic rings. The number of alkyl carbamates (subject to hydrolysis) is 2. The van der Waals surface area contributed by atoms with Crippen LogP contribution < -0.4 is 16.0 Å². The van der Waals surface area contributed by atoms with Crippen molar-refractivity contribution in [3.63, 3.8) is 0 Å². The number of rotatable bonds is 21. The SMILES string of the molecule is N=C(NCCCC(NC(=O)OCCCCCON(O)O)C(=O)O)NC(=O)OCCCCCCON(O)O. The number of hydrogen-bond acceptors (Lipinski definition) is 14. The van der Waals surface area contributed by atoms with Gasteiger partial charge in [-0.3, -0.25) is 41.2 Å². The molecular weight excluding hydrogens is 504 g/mol. The summed E-state index contributed by atoms with van der Waals surface area (Å²) in [6, 6.07) is -1.20. The van der Waals surface area contributed by atoms with E-state index in [2.05, 4.69) is 25.6 Å². The lowest BCUT2D eigenvalue weighted by atomic mass is 10.1. The highest BCUT2D eigenvalue weighted by atomic mass is 17.1. The molecule has 0 heterocycles. The van der Waals surface area contributed by atoms with Gasteiger partial charge in [0.05, 0.1) is 37.2 Å². The minimum Gasteiger partial charge on any atom is -0.480 e. The van der Waals surface area contributed by atoms with Crippen LogP contribution in [0.3, 0.4) is 0 Å². The number of unbranched alkanes of at least 4 members (excludes halogenated alkanes) is 5. The van der Waals surface area contributed by atoms with Crippen LogP contribution in [0.25, 0.3) is 0 Å². The Bertz CT molecular complexity index is 655. The molecule has 0 aliphatic heterocycles. The summed E-state index contributed by atoms with van der Waals surface area (Å²) in [6.45, 7) is 0.542. The smallest absolute Gasteiger partial charge is 0.413 e. The van der Waals surface area contributed by atoms with Gasteiger partial charge in [-0.1, -0.05) is 6.42 Å². The lowest BCUT2D eigenvalue weighted by molar-refractivity contribution is -0.492. The fourth-order valence-corrected chi connectivity index (χ4v) is 2.70. The minimum absolute atomic E-state index is 0.0453. The second-order valence-corrected chi connectivity index (χ2v) is 7.52. The summed E-state index contributed by atoms with van der Waals surface area (Å²) in [5, 5.41) is 56.6. The van der Waals surface area contributed by atoms with E-state index in [1.165, 1.54) is 0 Å². The molecule has 0 aromatic heterocycles. The fraction of sp³-hybridized carbons (Fsp3) is 0.789. The number of ether oxygens (including phenoxy) is 2. The van der Waals surface area contributed by atoms with Crippen LogP contribution in [0.5, 0.6) is 0 Å². The van der Waals surface area contributed by atoms with Crippen LogP contribution in [-0.4, -0.2) is 99.8 Å². The Kier molecular flexibility index (Phi) is 20.6. The second-order valence-electron chi connectivity index (χ2n) is 7.52. The Morgan fingerprint density at radius 3 is 1.73 bits per heavy atom. The predicted molar refractivity (Wildman–Crippen MR) is 120 cm³/mol. The molecule has 0 aliphatic carbocycles. The average Bonchev–Trinajstić information content (AvgIpc) is 2.81. The fourth-order valence-electron chi connectivity index (χ4n) is 2.70. The van der Waals surface area contributed by atoms with Crippen LogP contribution >= 0.6 is 0 Å². The number of nitrogens with zero attached hydrogens (tertiary/aromatic N) is 2. The Hall–Kier alpha value is -2.84. The van der Waals surface area contributed by atoms with Crippen molar-refractivity contribution in [2.24, 2.45) is 0 Å². The molecular formula is C19H38N6O12. The molecule has 0 aromatic carbocycles. The van der Waals surface area contributed by atoms with Gasteiger partial charge in [-0.15, -0.1) is 0 Å².